The number of hydrogen-bond donors (Lipinski definition) is 0. The number of para-hydroxylation sites is 1. The summed E-state index contributed by atoms with van der Waals surface area (Å²) in [6.45, 7) is 4.70. The molecule has 1 unspecified atom stereocenters. The van der Waals surface area contributed by atoms with Crippen molar-refractivity contribution in [1.82, 2.24) is 14.8 Å². The molecule has 1 atom stereocenters. The van der Waals surface area contributed by atoms with E-state index < -0.39 is 0 Å². The fourth-order valence-corrected chi connectivity index (χ4v) is 3.26. The fraction of sp³-hybridized carbons (Fsp3) is 0.368. The first-order valence-electron chi connectivity index (χ1n) is 8.20. The number of hydrogen-bond acceptors (Lipinski definition) is 4. The van der Waals surface area contributed by atoms with Gasteiger partial charge >= 0.3 is 0 Å². The van der Waals surface area contributed by atoms with Crippen LogP contribution in [0.1, 0.15) is 24.1 Å². The number of nitrogens with zero attached hydrogens (tertiary/aromatic N) is 3. The smallest absolute Gasteiger partial charge is 0.219 e. The number of ether oxygens (including phenoxy) is 1. The third kappa shape index (κ3) is 3.57. The summed E-state index contributed by atoms with van der Waals surface area (Å²) in [5.74, 6) is 0.986. The minimum absolute atomic E-state index is 0.110. The average molecular weight is 325 g/mol. The molecule has 126 valence electrons. The van der Waals surface area contributed by atoms with Crippen LogP contribution in [0.5, 0.6) is 5.75 Å². The van der Waals surface area contributed by atoms with Crippen molar-refractivity contribution in [2.75, 3.05) is 26.7 Å². The van der Waals surface area contributed by atoms with Crippen molar-refractivity contribution in [3.63, 3.8) is 0 Å². The number of piperazine rings is 1. The van der Waals surface area contributed by atoms with Crippen LogP contribution >= 0.6 is 0 Å². The van der Waals surface area contributed by atoms with Gasteiger partial charge in [0.05, 0.1) is 13.2 Å². The molecule has 2 aromatic rings. The summed E-state index contributed by atoms with van der Waals surface area (Å²) in [4.78, 5) is 20.4. The fourth-order valence-electron chi connectivity index (χ4n) is 3.26. The van der Waals surface area contributed by atoms with E-state index in [9.17, 15) is 4.79 Å². The van der Waals surface area contributed by atoms with Gasteiger partial charge in [0.25, 0.3) is 0 Å². The van der Waals surface area contributed by atoms with Crippen LogP contribution in [0.3, 0.4) is 0 Å². The molecule has 0 spiro atoms. The van der Waals surface area contributed by atoms with Crippen molar-refractivity contribution >= 4 is 5.91 Å². The lowest BCUT2D eigenvalue weighted by atomic mass is 10.00. The van der Waals surface area contributed by atoms with Gasteiger partial charge in [-0.25, -0.2) is 0 Å². The van der Waals surface area contributed by atoms with Crippen LogP contribution in [-0.2, 0) is 11.3 Å². The number of carbonyl (C=O) groups excluding carboxylic acids is 1. The molecular weight excluding hydrogens is 302 g/mol. The highest BCUT2D eigenvalue weighted by atomic mass is 16.5. The SMILES string of the molecule is COc1ccccc1C1CN(C(C)=O)CCN1Cc1cccnc1. The Morgan fingerprint density at radius 3 is 2.79 bits per heavy atom. The summed E-state index contributed by atoms with van der Waals surface area (Å²) in [5, 5.41) is 0. The Hall–Kier alpha value is -2.40. The number of rotatable bonds is 4. The van der Waals surface area contributed by atoms with Crippen molar-refractivity contribution in [2.45, 2.75) is 19.5 Å². The van der Waals surface area contributed by atoms with Gasteiger partial charge in [0.15, 0.2) is 0 Å². The summed E-state index contributed by atoms with van der Waals surface area (Å²) < 4.78 is 5.55. The molecule has 0 N–H and O–H groups in total. The van der Waals surface area contributed by atoms with Gasteiger partial charge in [-0.1, -0.05) is 24.3 Å². The molecule has 24 heavy (non-hydrogen) atoms. The average Bonchev–Trinajstić information content (AvgIpc) is 2.62. The molecule has 0 radical (unpaired) electrons. The zero-order valence-corrected chi connectivity index (χ0v) is 14.2. The van der Waals surface area contributed by atoms with Gasteiger partial charge in [-0.15, -0.1) is 0 Å². The molecular formula is C19H23N3O2. The summed E-state index contributed by atoms with van der Waals surface area (Å²) >= 11 is 0. The molecule has 0 bridgehead atoms. The Labute approximate surface area is 142 Å². The third-order valence-electron chi connectivity index (χ3n) is 4.54. The Morgan fingerprint density at radius 1 is 1.25 bits per heavy atom. The van der Waals surface area contributed by atoms with E-state index in [2.05, 4.69) is 22.0 Å². The quantitative estimate of drug-likeness (QED) is 0.866. The first-order chi connectivity index (χ1) is 11.7. The van der Waals surface area contributed by atoms with Gasteiger partial charge in [0, 0.05) is 51.1 Å². The van der Waals surface area contributed by atoms with Crippen LogP contribution in [0, 0.1) is 0 Å². The van der Waals surface area contributed by atoms with Crippen LogP contribution in [0.4, 0.5) is 0 Å². The van der Waals surface area contributed by atoms with Gasteiger partial charge in [0.1, 0.15) is 5.75 Å². The number of benzene rings is 1. The molecule has 1 aliphatic heterocycles. The van der Waals surface area contributed by atoms with E-state index in [1.54, 1.807) is 20.2 Å². The van der Waals surface area contributed by atoms with E-state index in [1.807, 2.05) is 35.4 Å². The second-order valence-electron chi connectivity index (χ2n) is 6.05. The Bertz CT molecular complexity index is 690. The standard InChI is InChI=1S/C19H23N3O2/c1-15(23)21-10-11-22(13-16-6-5-9-20-12-16)18(14-21)17-7-3-4-8-19(17)24-2/h3-9,12,18H,10-11,13-14H2,1-2H3. The molecule has 3 rings (SSSR count). The normalized spacial score (nSPS) is 18.4. The van der Waals surface area contributed by atoms with Crippen LogP contribution in [0.15, 0.2) is 48.8 Å². The topological polar surface area (TPSA) is 45.7 Å². The van der Waals surface area contributed by atoms with Crippen molar-refractivity contribution in [3.8, 4) is 5.75 Å². The van der Waals surface area contributed by atoms with E-state index >= 15 is 0 Å². The summed E-state index contributed by atoms with van der Waals surface area (Å²) in [5.41, 5.74) is 2.29. The minimum atomic E-state index is 0.110. The number of methoxy groups -OCH3 is 1. The first-order valence-corrected chi connectivity index (χ1v) is 8.20. The van der Waals surface area contributed by atoms with Crippen molar-refractivity contribution in [1.29, 1.82) is 0 Å². The van der Waals surface area contributed by atoms with Gasteiger partial charge in [-0.3, -0.25) is 14.7 Å². The Balaban J connectivity index is 1.90. The lowest BCUT2D eigenvalue weighted by Crippen LogP contribution is -2.49. The van der Waals surface area contributed by atoms with Crippen LogP contribution in [-0.4, -0.2) is 47.4 Å². The Morgan fingerprint density at radius 2 is 2.08 bits per heavy atom. The molecule has 5 nitrogen and oxygen atoms in total. The van der Waals surface area contributed by atoms with Gasteiger partial charge in [-0.05, 0) is 17.7 Å². The highest BCUT2D eigenvalue weighted by molar-refractivity contribution is 5.73. The lowest BCUT2D eigenvalue weighted by molar-refractivity contribution is -0.132. The minimum Gasteiger partial charge on any atom is -0.496 e. The van der Waals surface area contributed by atoms with E-state index in [4.69, 9.17) is 4.74 Å². The second-order valence-corrected chi connectivity index (χ2v) is 6.05. The third-order valence-corrected chi connectivity index (χ3v) is 4.54. The Kier molecular flexibility index (Phi) is 5.11. The molecule has 1 aromatic heterocycles. The molecule has 0 aliphatic carbocycles. The molecule has 5 heteroatoms. The maximum Gasteiger partial charge on any atom is 0.219 e. The molecule has 1 aromatic carbocycles. The predicted molar refractivity (Wildman–Crippen MR) is 92.6 cm³/mol. The molecule has 1 saturated heterocycles. The predicted octanol–water partition coefficient (Wildman–Crippen LogP) is 2.50. The first kappa shape index (κ1) is 16.5. The molecule has 0 saturated carbocycles. The molecule has 1 amide bonds. The van der Waals surface area contributed by atoms with E-state index in [-0.39, 0.29) is 11.9 Å². The van der Waals surface area contributed by atoms with E-state index in [1.165, 1.54) is 5.56 Å². The molecule has 1 fully saturated rings. The maximum absolute atomic E-state index is 11.9. The van der Waals surface area contributed by atoms with E-state index in [0.29, 0.717) is 6.54 Å². The van der Waals surface area contributed by atoms with Crippen molar-refractivity contribution in [2.24, 2.45) is 0 Å². The zero-order chi connectivity index (χ0) is 16.9. The van der Waals surface area contributed by atoms with Crippen LogP contribution in [0.25, 0.3) is 0 Å². The monoisotopic (exact) mass is 325 g/mol. The number of carbonyl (C=O) groups is 1. The van der Waals surface area contributed by atoms with Crippen LogP contribution in [0.2, 0.25) is 0 Å². The lowest BCUT2D eigenvalue weighted by Gasteiger charge is -2.41. The van der Waals surface area contributed by atoms with Gasteiger partial charge < -0.3 is 9.64 Å². The molecule has 2 heterocycles. The zero-order valence-electron chi connectivity index (χ0n) is 14.2. The summed E-state index contributed by atoms with van der Waals surface area (Å²) in [7, 11) is 1.69. The number of pyridine rings is 1. The van der Waals surface area contributed by atoms with Crippen molar-refractivity contribution < 1.29 is 9.53 Å². The summed E-state index contributed by atoms with van der Waals surface area (Å²) in [6, 6.07) is 12.2. The van der Waals surface area contributed by atoms with Crippen molar-refractivity contribution in [3.05, 3.63) is 59.9 Å². The van der Waals surface area contributed by atoms with E-state index in [0.717, 1.165) is 30.9 Å². The molecule has 1 aliphatic rings. The largest absolute Gasteiger partial charge is 0.496 e. The highest BCUT2D eigenvalue weighted by Crippen LogP contribution is 2.33. The summed E-state index contributed by atoms with van der Waals surface area (Å²) in [6.07, 6.45) is 3.69. The van der Waals surface area contributed by atoms with Crippen LogP contribution < -0.4 is 4.74 Å². The van der Waals surface area contributed by atoms with Gasteiger partial charge in [-0.2, -0.15) is 0 Å². The highest BCUT2D eigenvalue weighted by Gasteiger charge is 2.31. The second kappa shape index (κ2) is 7.45. The maximum atomic E-state index is 11.9. The van der Waals surface area contributed by atoms with Gasteiger partial charge in [0.2, 0.25) is 5.91 Å². The number of amides is 1. The number of aromatic nitrogens is 1.